The minimum Gasteiger partial charge on any atom is -0.370 e. The highest BCUT2D eigenvalue weighted by atomic mass is 16.5. The Balaban J connectivity index is 1.86. The summed E-state index contributed by atoms with van der Waals surface area (Å²) in [5, 5.41) is 7.65. The van der Waals surface area contributed by atoms with Gasteiger partial charge in [0, 0.05) is 7.05 Å². The average Bonchev–Trinajstić information content (AvgIpc) is 2.96. The molecule has 122 valence electrons. The number of ether oxygens (including phenoxy) is 1. The second-order valence-electron chi connectivity index (χ2n) is 6.23. The Morgan fingerprint density at radius 3 is 2.83 bits per heavy atom. The predicted molar refractivity (Wildman–Crippen MR) is 86.1 cm³/mol. The lowest BCUT2D eigenvalue weighted by Gasteiger charge is -2.38. The van der Waals surface area contributed by atoms with Gasteiger partial charge in [0.1, 0.15) is 11.8 Å². The number of carbonyl (C=O) groups excluding carboxylic acids is 1. The van der Waals surface area contributed by atoms with Gasteiger partial charge in [0.25, 0.3) is 5.91 Å². The van der Waals surface area contributed by atoms with Crippen LogP contribution in [0.2, 0.25) is 0 Å². The molecule has 1 aliphatic heterocycles. The van der Waals surface area contributed by atoms with E-state index in [1.807, 2.05) is 11.8 Å². The molecule has 1 aliphatic rings. The molecule has 3 rings (SSSR count). The van der Waals surface area contributed by atoms with Gasteiger partial charge in [0.2, 0.25) is 0 Å². The van der Waals surface area contributed by atoms with Gasteiger partial charge in [-0.15, -0.1) is 5.10 Å². The van der Waals surface area contributed by atoms with E-state index in [4.69, 9.17) is 4.74 Å². The van der Waals surface area contributed by atoms with Crippen LogP contribution in [0.5, 0.6) is 0 Å². The maximum atomic E-state index is 12.8. The number of hydrogen-bond acceptors (Lipinski definition) is 4. The van der Waals surface area contributed by atoms with Crippen LogP contribution in [0.4, 0.5) is 0 Å². The molecule has 1 amide bonds. The Morgan fingerprint density at radius 2 is 2.13 bits per heavy atom. The fourth-order valence-electron chi connectivity index (χ4n) is 2.97. The maximum Gasteiger partial charge on any atom is 0.274 e. The average molecular weight is 314 g/mol. The van der Waals surface area contributed by atoms with Gasteiger partial charge in [-0.3, -0.25) is 4.79 Å². The number of benzene rings is 1. The van der Waals surface area contributed by atoms with Crippen molar-refractivity contribution in [1.29, 1.82) is 0 Å². The van der Waals surface area contributed by atoms with E-state index in [1.165, 1.54) is 22.0 Å². The van der Waals surface area contributed by atoms with Crippen molar-refractivity contribution in [2.75, 3.05) is 13.2 Å². The van der Waals surface area contributed by atoms with Gasteiger partial charge in [-0.1, -0.05) is 29.0 Å². The van der Waals surface area contributed by atoms with Crippen molar-refractivity contribution < 1.29 is 9.53 Å². The van der Waals surface area contributed by atoms with Crippen LogP contribution >= 0.6 is 0 Å². The first-order valence-corrected chi connectivity index (χ1v) is 7.81. The van der Waals surface area contributed by atoms with Gasteiger partial charge in [-0.25, -0.2) is 4.68 Å². The molecule has 6 heteroatoms. The lowest BCUT2D eigenvalue weighted by atomic mass is 9.98. The van der Waals surface area contributed by atoms with Crippen LogP contribution in [0.15, 0.2) is 24.4 Å². The smallest absolute Gasteiger partial charge is 0.274 e. The molecule has 6 nitrogen and oxygen atoms in total. The van der Waals surface area contributed by atoms with Gasteiger partial charge >= 0.3 is 0 Å². The Labute approximate surface area is 136 Å². The van der Waals surface area contributed by atoms with Crippen molar-refractivity contribution in [3.05, 3.63) is 46.8 Å². The molecule has 0 unspecified atom stereocenters. The van der Waals surface area contributed by atoms with Crippen LogP contribution in [0, 0.1) is 13.8 Å². The molecule has 0 radical (unpaired) electrons. The number of morpholine rings is 1. The van der Waals surface area contributed by atoms with Gasteiger partial charge < -0.3 is 9.64 Å². The summed E-state index contributed by atoms with van der Waals surface area (Å²) in [4.78, 5) is 14.6. The number of amides is 1. The third-order valence-electron chi connectivity index (χ3n) is 4.41. The quantitative estimate of drug-likeness (QED) is 0.851. The van der Waals surface area contributed by atoms with Crippen molar-refractivity contribution in [2.24, 2.45) is 7.05 Å². The minimum absolute atomic E-state index is 0.0266. The molecular weight excluding hydrogens is 292 g/mol. The van der Waals surface area contributed by atoms with Crippen LogP contribution in [0.3, 0.4) is 0 Å². The van der Waals surface area contributed by atoms with E-state index in [2.05, 4.69) is 42.4 Å². The summed E-state index contributed by atoms with van der Waals surface area (Å²) in [5.74, 6) is -0.0522. The SMILES string of the molecule is Cc1ccc(C)c([C@@H]2CN(C(=O)c3cnnn3C)[C@@H](C)CO2)c1. The highest BCUT2D eigenvalue weighted by Gasteiger charge is 2.32. The molecule has 0 saturated carbocycles. The molecule has 0 aliphatic carbocycles. The monoisotopic (exact) mass is 314 g/mol. The fraction of sp³-hybridized carbons (Fsp3) is 0.471. The summed E-state index contributed by atoms with van der Waals surface area (Å²) >= 11 is 0. The van der Waals surface area contributed by atoms with E-state index < -0.39 is 0 Å². The van der Waals surface area contributed by atoms with Gasteiger partial charge in [0.15, 0.2) is 0 Å². The number of hydrogen-bond donors (Lipinski definition) is 0. The molecule has 1 aromatic heterocycles. The zero-order chi connectivity index (χ0) is 16.6. The van der Waals surface area contributed by atoms with Crippen LogP contribution in [-0.4, -0.2) is 45.0 Å². The Kier molecular flexibility index (Phi) is 4.17. The zero-order valence-corrected chi connectivity index (χ0v) is 14.0. The first kappa shape index (κ1) is 15.7. The molecule has 0 N–H and O–H groups in total. The maximum absolute atomic E-state index is 12.8. The molecule has 1 saturated heterocycles. The molecule has 2 atom stereocenters. The fourth-order valence-corrected chi connectivity index (χ4v) is 2.97. The first-order chi connectivity index (χ1) is 11.0. The van der Waals surface area contributed by atoms with Crippen LogP contribution < -0.4 is 0 Å². The highest BCUT2D eigenvalue weighted by Crippen LogP contribution is 2.28. The predicted octanol–water partition coefficient (Wildman–Crippen LogP) is 2.03. The Hall–Kier alpha value is -2.21. The minimum atomic E-state index is -0.101. The molecular formula is C17H22N4O2. The van der Waals surface area contributed by atoms with E-state index in [0.29, 0.717) is 18.8 Å². The molecule has 23 heavy (non-hydrogen) atoms. The van der Waals surface area contributed by atoms with Crippen molar-refractivity contribution in [3.8, 4) is 0 Å². The summed E-state index contributed by atoms with van der Waals surface area (Å²) in [5.41, 5.74) is 4.03. The molecule has 1 fully saturated rings. The van der Waals surface area contributed by atoms with E-state index in [0.717, 1.165) is 5.56 Å². The second-order valence-corrected chi connectivity index (χ2v) is 6.23. The van der Waals surface area contributed by atoms with E-state index >= 15 is 0 Å². The van der Waals surface area contributed by atoms with Gasteiger partial charge in [-0.05, 0) is 31.9 Å². The van der Waals surface area contributed by atoms with Crippen LogP contribution in [0.1, 0.15) is 40.2 Å². The Bertz CT molecular complexity index is 725. The van der Waals surface area contributed by atoms with E-state index in [1.54, 1.807) is 7.05 Å². The van der Waals surface area contributed by atoms with E-state index in [-0.39, 0.29) is 18.1 Å². The third-order valence-corrected chi connectivity index (χ3v) is 4.41. The third kappa shape index (κ3) is 2.99. The molecule has 0 bridgehead atoms. The molecule has 2 aromatic rings. The molecule has 0 spiro atoms. The van der Waals surface area contributed by atoms with Crippen molar-refractivity contribution in [2.45, 2.75) is 32.9 Å². The van der Waals surface area contributed by atoms with Gasteiger partial charge in [0.05, 0.1) is 25.4 Å². The van der Waals surface area contributed by atoms with Gasteiger partial charge in [-0.2, -0.15) is 0 Å². The summed E-state index contributed by atoms with van der Waals surface area (Å²) in [6.45, 7) is 7.21. The first-order valence-electron chi connectivity index (χ1n) is 7.81. The second kappa shape index (κ2) is 6.12. The summed E-state index contributed by atoms with van der Waals surface area (Å²) in [7, 11) is 1.73. The van der Waals surface area contributed by atoms with Crippen molar-refractivity contribution in [1.82, 2.24) is 19.9 Å². The van der Waals surface area contributed by atoms with E-state index in [9.17, 15) is 4.79 Å². The molecule has 2 heterocycles. The topological polar surface area (TPSA) is 60.2 Å². The zero-order valence-electron chi connectivity index (χ0n) is 14.0. The van der Waals surface area contributed by atoms with Crippen LogP contribution in [-0.2, 0) is 11.8 Å². The highest BCUT2D eigenvalue weighted by molar-refractivity contribution is 5.92. The summed E-state index contributed by atoms with van der Waals surface area (Å²) < 4.78 is 7.52. The number of carbonyl (C=O) groups is 1. The Morgan fingerprint density at radius 1 is 1.35 bits per heavy atom. The summed E-state index contributed by atoms with van der Waals surface area (Å²) in [6.07, 6.45) is 1.41. The van der Waals surface area contributed by atoms with Crippen molar-refractivity contribution >= 4 is 5.91 Å². The summed E-state index contributed by atoms with van der Waals surface area (Å²) in [6, 6.07) is 6.36. The normalized spacial score (nSPS) is 21.5. The number of aryl methyl sites for hydroxylation is 3. The number of aromatic nitrogens is 3. The molecule has 1 aromatic carbocycles. The standard InChI is InChI=1S/C17H22N4O2/c1-11-5-6-12(2)14(7-11)16-9-21(13(3)10-23-16)17(22)15-8-18-19-20(15)4/h5-8,13,16H,9-10H2,1-4H3/t13-,16-/m0/s1. The van der Waals surface area contributed by atoms with Crippen LogP contribution in [0.25, 0.3) is 0 Å². The lowest BCUT2D eigenvalue weighted by Crippen LogP contribution is -2.48. The van der Waals surface area contributed by atoms with Crippen molar-refractivity contribution in [3.63, 3.8) is 0 Å². The lowest BCUT2D eigenvalue weighted by molar-refractivity contribution is -0.0492. The number of rotatable bonds is 2. The largest absolute Gasteiger partial charge is 0.370 e. The number of nitrogens with zero attached hydrogens (tertiary/aromatic N) is 4.